The molecule has 0 spiro atoms. The van der Waals surface area contributed by atoms with Gasteiger partial charge in [0.05, 0.1) is 18.2 Å². The molecule has 0 amide bonds. The van der Waals surface area contributed by atoms with E-state index in [0.717, 1.165) is 5.69 Å². The van der Waals surface area contributed by atoms with Crippen molar-refractivity contribution < 1.29 is 13.2 Å². The van der Waals surface area contributed by atoms with Crippen LogP contribution in [0.2, 0.25) is 0 Å². The molecular weight excluding hydrogens is 340 g/mol. The van der Waals surface area contributed by atoms with Gasteiger partial charge in [-0.15, -0.1) is 0 Å². The van der Waals surface area contributed by atoms with Crippen molar-refractivity contribution in [2.45, 2.75) is 4.90 Å². The molecule has 0 aliphatic carbocycles. The number of nitrogens with zero attached hydrogens (tertiary/aromatic N) is 2. The van der Waals surface area contributed by atoms with Crippen LogP contribution in [0, 0.1) is 0 Å². The molecule has 0 saturated carbocycles. The molecule has 0 saturated heterocycles. The van der Waals surface area contributed by atoms with Crippen molar-refractivity contribution in [1.29, 1.82) is 0 Å². The molecule has 128 valence electrons. The van der Waals surface area contributed by atoms with Crippen molar-refractivity contribution >= 4 is 27.2 Å². The summed E-state index contributed by atoms with van der Waals surface area (Å²) in [7, 11) is -2.26. The summed E-state index contributed by atoms with van der Waals surface area (Å²) in [5.41, 5.74) is 1.04. The fourth-order valence-electron chi connectivity index (χ4n) is 2.12. The van der Waals surface area contributed by atoms with Crippen LogP contribution < -0.4 is 14.8 Å². The predicted molar refractivity (Wildman–Crippen MR) is 95.6 cm³/mol. The van der Waals surface area contributed by atoms with Gasteiger partial charge in [0.15, 0.2) is 5.82 Å². The lowest BCUT2D eigenvalue weighted by Gasteiger charge is -2.13. The second kappa shape index (κ2) is 7.18. The minimum absolute atomic E-state index is 0.114. The Hall–Kier alpha value is -3.13. The highest BCUT2D eigenvalue weighted by molar-refractivity contribution is 7.92. The molecule has 8 heteroatoms. The molecular formula is C17H16N4O3S. The predicted octanol–water partition coefficient (Wildman–Crippen LogP) is 3.03. The summed E-state index contributed by atoms with van der Waals surface area (Å²) in [5.74, 6) is 0.937. The van der Waals surface area contributed by atoms with Gasteiger partial charge in [-0.25, -0.2) is 18.4 Å². The Morgan fingerprint density at radius 3 is 2.40 bits per heavy atom. The van der Waals surface area contributed by atoms with Crippen molar-refractivity contribution in [3.8, 4) is 5.75 Å². The van der Waals surface area contributed by atoms with Crippen molar-refractivity contribution in [2.24, 2.45) is 0 Å². The molecule has 2 N–H and O–H groups in total. The summed E-state index contributed by atoms with van der Waals surface area (Å²) in [6.07, 6.45) is 2.75. The highest BCUT2D eigenvalue weighted by atomic mass is 32.2. The topological polar surface area (TPSA) is 93.2 Å². The molecule has 7 nitrogen and oxygen atoms in total. The van der Waals surface area contributed by atoms with Crippen LogP contribution in [0.3, 0.4) is 0 Å². The second-order valence-corrected chi connectivity index (χ2v) is 6.74. The van der Waals surface area contributed by atoms with Crippen LogP contribution in [-0.2, 0) is 10.0 Å². The van der Waals surface area contributed by atoms with Gasteiger partial charge in [-0.2, -0.15) is 0 Å². The first kappa shape index (κ1) is 16.7. The largest absolute Gasteiger partial charge is 0.497 e. The Labute approximate surface area is 145 Å². The first-order valence-corrected chi connectivity index (χ1v) is 8.86. The van der Waals surface area contributed by atoms with Crippen molar-refractivity contribution in [1.82, 2.24) is 9.97 Å². The Morgan fingerprint density at radius 2 is 1.72 bits per heavy atom. The molecule has 0 atom stereocenters. The van der Waals surface area contributed by atoms with E-state index in [2.05, 4.69) is 20.0 Å². The van der Waals surface area contributed by atoms with Crippen LogP contribution in [0.4, 0.5) is 17.2 Å². The zero-order valence-electron chi connectivity index (χ0n) is 13.4. The van der Waals surface area contributed by atoms with Crippen molar-refractivity contribution in [3.05, 3.63) is 67.1 Å². The van der Waals surface area contributed by atoms with Gasteiger partial charge in [-0.05, 0) is 36.4 Å². The van der Waals surface area contributed by atoms with Crippen molar-refractivity contribution in [2.75, 3.05) is 17.1 Å². The third-order valence-electron chi connectivity index (χ3n) is 3.36. The van der Waals surface area contributed by atoms with Crippen LogP contribution >= 0.6 is 0 Å². The van der Waals surface area contributed by atoms with Gasteiger partial charge in [-0.1, -0.05) is 18.2 Å². The molecule has 25 heavy (non-hydrogen) atoms. The number of rotatable bonds is 6. The Bertz CT molecular complexity index is 945. The van der Waals surface area contributed by atoms with E-state index in [9.17, 15) is 8.42 Å². The molecule has 3 rings (SSSR count). The van der Waals surface area contributed by atoms with E-state index in [1.54, 1.807) is 12.1 Å². The third kappa shape index (κ3) is 4.04. The molecule has 0 radical (unpaired) electrons. The van der Waals surface area contributed by atoms with Gasteiger partial charge in [0.25, 0.3) is 10.0 Å². The number of ether oxygens (including phenoxy) is 1. The lowest BCUT2D eigenvalue weighted by atomic mass is 10.3. The average Bonchev–Trinajstić information content (AvgIpc) is 2.64. The highest BCUT2D eigenvalue weighted by Crippen LogP contribution is 2.25. The minimum Gasteiger partial charge on any atom is -0.497 e. The Balaban J connectivity index is 1.86. The number of hydrogen-bond donors (Lipinski definition) is 2. The molecule has 0 aliphatic heterocycles. The van der Waals surface area contributed by atoms with Crippen LogP contribution in [0.1, 0.15) is 0 Å². The second-order valence-electron chi connectivity index (χ2n) is 5.06. The average molecular weight is 356 g/mol. The lowest BCUT2D eigenvalue weighted by Crippen LogP contribution is -2.14. The number of aromatic nitrogens is 2. The Morgan fingerprint density at radius 1 is 1.00 bits per heavy atom. The lowest BCUT2D eigenvalue weighted by molar-refractivity contribution is 0.414. The Kier molecular flexibility index (Phi) is 4.80. The number of nitrogens with one attached hydrogen (secondary N) is 2. The molecule has 2 aromatic carbocycles. The van der Waals surface area contributed by atoms with E-state index >= 15 is 0 Å². The molecule has 1 aromatic heterocycles. The summed E-state index contributed by atoms with van der Waals surface area (Å²) in [4.78, 5) is 8.12. The first-order chi connectivity index (χ1) is 12.1. The van der Waals surface area contributed by atoms with Gasteiger partial charge >= 0.3 is 0 Å². The maximum absolute atomic E-state index is 12.6. The molecule has 0 aliphatic rings. The van der Waals surface area contributed by atoms with Gasteiger partial charge in [0, 0.05) is 5.69 Å². The normalized spacial score (nSPS) is 10.9. The zero-order chi connectivity index (χ0) is 17.7. The summed E-state index contributed by atoms with van der Waals surface area (Å²) in [6, 6.07) is 15.4. The number of sulfonamides is 1. The molecule has 3 aromatic rings. The van der Waals surface area contributed by atoms with Crippen molar-refractivity contribution in [3.63, 3.8) is 0 Å². The highest BCUT2D eigenvalue weighted by Gasteiger charge is 2.17. The van der Waals surface area contributed by atoms with Gasteiger partial charge in [-0.3, -0.25) is 4.72 Å². The molecule has 0 bridgehead atoms. The molecule has 1 heterocycles. The molecule has 0 unspecified atom stereocenters. The maximum Gasteiger partial charge on any atom is 0.262 e. The van der Waals surface area contributed by atoms with Gasteiger partial charge < -0.3 is 10.1 Å². The van der Waals surface area contributed by atoms with E-state index < -0.39 is 10.0 Å². The fourth-order valence-corrected chi connectivity index (χ4v) is 3.17. The van der Waals surface area contributed by atoms with Crippen LogP contribution in [-0.4, -0.2) is 25.5 Å². The standard InChI is InChI=1S/C17H16N4O3S/c1-24-14-7-9-15(10-8-14)25(22,23)21-16-11-18-12-19-17(16)20-13-5-3-2-4-6-13/h2-12,21H,1H3,(H,18,19,20). The van der Waals surface area contributed by atoms with E-state index in [4.69, 9.17) is 4.74 Å². The number of anilines is 3. The molecule has 0 fully saturated rings. The zero-order valence-corrected chi connectivity index (χ0v) is 14.2. The van der Waals surface area contributed by atoms with Gasteiger partial charge in [0.2, 0.25) is 0 Å². The monoisotopic (exact) mass is 356 g/mol. The minimum atomic E-state index is -3.78. The SMILES string of the molecule is COc1ccc(S(=O)(=O)Nc2cncnc2Nc2ccccc2)cc1. The summed E-state index contributed by atoms with van der Waals surface area (Å²) in [5, 5.41) is 3.07. The summed E-state index contributed by atoms with van der Waals surface area (Å²) >= 11 is 0. The number of methoxy groups -OCH3 is 1. The van der Waals surface area contributed by atoms with Crippen LogP contribution in [0.5, 0.6) is 5.75 Å². The van der Waals surface area contributed by atoms with E-state index in [1.807, 2.05) is 30.3 Å². The number of para-hydroxylation sites is 1. The van der Waals surface area contributed by atoms with E-state index in [0.29, 0.717) is 11.6 Å². The summed E-state index contributed by atoms with van der Waals surface area (Å²) < 4.78 is 32.7. The van der Waals surface area contributed by atoms with E-state index in [-0.39, 0.29) is 10.6 Å². The summed E-state index contributed by atoms with van der Waals surface area (Å²) in [6.45, 7) is 0. The van der Waals surface area contributed by atoms with Crippen LogP contribution in [0.25, 0.3) is 0 Å². The fraction of sp³-hybridized carbons (Fsp3) is 0.0588. The first-order valence-electron chi connectivity index (χ1n) is 7.37. The third-order valence-corrected chi connectivity index (χ3v) is 4.74. The van der Waals surface area contributed by atoms with Crippen LogP contribution in [0.15, 0.2) is 72.0 Å². The smallest absolute Gasteiger partial charge is 0.262 e. The quantitative estimate of drug-likeness (QED) is 0.705. The number of benzene rings is 2. The maximum atomic E-state index is 12.6. The van der Waals surface area contributed by atoms with Gasteiger partial charge in [0.1, 0.15) is 17.8 Å². The van der Waals surface area contributed by atoms with E-state index in [1.165, 1.54) is 31.8 Å². The number of hydrogen-bond acceptors (Lipinski definition) is 6.